The number of nitrogens with two attached hydrogens (primary N) is 1. The van der Waals surface area contributed by atoms with Crippen LogP contribution >= 0.6 is 22.9 Å². The maximum absolute atomic E-state index is 16.0. The number of nitrogen functional groups attached to an aromatic ring is 1. The highest BCUT2D eigenvalue weighted by Gasteiger charge is 2.35. The number of nitrogens with one attached hydrogen (secondary N) is 1. The minimum atomic E-state index is -3.00. The molecule has 8 nitrogen and oxygen atoms in total. The first-order valence-electron chi connectivity index (χ1n) is 13.6. The van der Waals surface area contributed by atoms with Crippen molar-refractivity contribution in [3.8, 4) is 17.1 Å². The van der Waals surface area contributed by atoms with E-state index in [-0.39, 0.29) is 39.9 Å². The molecule has 2 saturated heterocycles. The molecule has 0 spiro atoms. The fourth-order valence-corrected chi connectivity index (χ4v) is 5.92. The number of hydrogen-bond acceptors (Lipinski definition) is 9. The Balaban J connectivity index is 0.000000424. The quantitative estimate of drug-likeness (QED) is 0.289. The summed E-state index contributed by atoms with van der Waals surface area (Å²) in [5.74, 6) is -3.59. The van der Waals surface area contributed by atoms with Crippen molar-refractivity contribution in [1.82, 2.24) is 25.2 Å². The summed E-state index contributed by atoms with van der Waals surface area (Å²) in [6.07, 6.45) is 2.83. The second kappa shape index (κ2) is 13.4. The highest BCUT2D eigenvalue weighted by Crippen LogP contribution is 2.42. The number of benzene rings is 2. The molecule has 2 aliphatic heterocycles. The number of alkyl halides is 2. The Bertz CT molecular complexity index is 1500. The van der Waals surface area contributed by atoms with E-state index in [0.29, 0.717) is 22.8 Å². The van der Waals surface area contributed by atoms with E-state index >= 15 is 4.39 Å². The first kappa shape index (κ1) is 31.0. The number of rotatable bonds is 3. The molecule has 0 amide bonds. The van der Waals surface area contributed by atoms with Crippen LogP contribution in [-0.4, -0.2) is 79.2 Å². The van der Waals surface area contributed by atoms with Gasteiger partial charge in [-0.25, -0.2) is 18.2 Å². The third-order valence-corrected chi connectivity index (χ3v) is 7.87. The van der Waals surface area contributed by atoms with Gasteiger partial charge in [-0.05, 0) is 45.1 Å². The molecule has 0 atom stereocenters. The maximum Gasteiger partial charge on any atom is 0.318 e. The van der Waals surface area contributed by atoms with Crippen molar-refractivity contribution in [3.63, 3.8) is 0 Å². The third-order valence-electron chi connectivity index (χ3n) is 6.72. The lowest BCUT2D eigenvalue weighted by molar-refractivity contribution is 0.0156. The van der Waals surface area contributed by atoms with Gasteiger partial charge in [0, 0.05) is 29.6 Å². The fourth-order valence-electron chi connectivity index (χ4n) is 4.86. The van der Waals surface area contributed by atoms with Crippen molar-refractivity contribution in [3.05, 3.63) is 35.1 Å². The molecular weight excluding hydrogens is 575 g/mol. The van der Waals surface area contributed by atoms with Crippen LogP contribution in [-0.2, 0) is 0 Å². The van der Waals surface area contributed by atoms with Crippen LogP contribution in [0, 0.1) is 5.82 Å². The first-order valence-corrected chi connectivity index (χ1v) is 14.8. The molecule has 0 aliphatic carbocycles. The number of para-hydroxylation sites is 1. The molecule has 2 aromatic carbocycles. The predicted molar refractivity (Wildman–Crippen MR) is 162 cm³/mol. The van der Waals surface area contributed by atoms with Gasteiger partial charge in [-0.3, -0.25) is 0 Å². The number of nitrogens with zero attached hydrogens (tertiary/aromatic N) is 5. The van der Waals surface area contributed by atoms with E-state index in [1.807, 2.05) is 19.9 Å². The summed E-state index contributed by atoms with van der Waals surface area (Å²) >= 11 is 7.84. The average Bonchev–Trinajstić information content (AvgIpc) is 3.54. The van der Waals surface area contributed by atoms with Gasteiger partial charge in [-0.1, -0.05) is 48.9 Å². The van der Waals surface area contributed by atoms with Crippen LogP contribution in [0.5, 0.6) is 6.01 Å². The van der Waals surface area contributed by atoms with Crippen molar-refractivity contribution in [2.75, 3.05) is 64.1 Å². The molecule has 222 valence electrons. The molecule has 4 aromatic rings. The molecule has 3 N–H and O–H groups in total. The van der Waals surface area contributed by atoms with Crippen LogP contribution in [0.2, 0.25) is 5.02 Å². The number of anilines is 2. The summed E-state index contributed by atoms with van der Waals surface area (Å²) in [5, 5.41) is 3.34. The zero-order valence-corrected chi connectivity index (χ0v) is 25.2. The molecule has 0 bridgehead atoms. The van der Waals surface area contributed by atoms with Gasteiger partial charge in [0.15, 0.2) is 10.9 Å². The Morgan fingerprint density at radius 1 is 1.10 bits per heavy atom. The second-order valence-corrected chi connectivity index (χ2v) is 11.1. The number of hydrogen-bond donors (Lipinski definition) is 2. The molecule has 41 heavy (non-hydrogen) atoms. The van der Waals surface area contributed by atoms with Crippen LogP contribution < -0.4 is 20.7 Å². The lowest BCUT2D eigenvalue weighted by Crippen LogP contribution is -2.39. The van der Waals surface area contributed by atoms with Crippen molar-refractivity contribution < 1.29 is 17.9 Å². The average molecular weight is 610 g/mol. The topological polar surface area (TPSA) is 92.4 Å². The summed E-state index contributed by atoms with van der Waals surface area (Å²) in [6, 6.07) is 6.64. The van der Waals surface area contributed by atoms with E-state index in [2.05, 4.69) is 32.2 Å². The molecule has 2 fully saturated rings. The van der Waals surface area contributed by atoms with E-state index < -0.39 is 24.8 Å². The highest BCUT2D eigenvalue weighted by atomic mass is 35.5. The number of halogens is 4. The molecule has 2 aliphatic rings. The highest BCUT2D eigenvalue weighted by molar-refractivity contribution is 7.22. The van der Waals surface area contributed by atoms with Gasteiger partial charge >= 0.3 is 6.01 Å². The molecule has 4 heterocycles. The van der Waals surface area contributed by atoms with Gasteiger partial charge in [0.05, 0.1) is 35.4 Å². The Labute approximate surface area is 246 Å². The van der Waals surface area contributed by atoms with Gasteiger partial charge in [-0.2, -0.15) is 9.97 Å². The smallest absolute Gasteiger partial charge is 0.318 e. The lowest BCUT2D eigenvalue weighted by atomic mass is 10.0. The van der Waals surface area contributed by atoms with Crippen LogP contribution in [0.1, 0.15) is 26.7 Å². The van der Waals surface area contributed by atoms with Crippen molar-refractivity contribution >= 4 is 55.0 Å². The van der Waals surface area contributed by atoms with Crippen LogP contribution in [0.4, 0.5) is 24.1 Å². The van der Waals surface area contributed by atoms with Crippen molar-refractivity contribution in [1.29, 1.82) is 0 Å². The fraction of sp³-hybridized carbons (Fsp3) is 0.464. The molecule has 2 aromatic heterocycles. The number of ether oxygens (including phenoxy) is 1. The molecule has 6 rings (SSSR count). The zero-order valence-electron chi connectivity index (χ0n) is 23.6. The molecule has 0 saturated carbocycles. The number of likely N-dealkylation sites (tertiary alicyclic amines) is 1. The van der Waals surface area contributed by atoms with Gasteiger partial charge in [0.2, 0.25) is 0 Å². The predicted octanol–water partition coefficient (Wildman–Crippen LogP) is 6.07. The van der Waals surface area contributed by atoms with Gasteiger partial charge in [-0.15, -0.1) is 0 Å². The summed E-state index contributed by atoms with van der Waals surface area (Å²) in [5.41, 5.74) is 6.82. The van der Waals surface area contributed by atoms with E-state index in [4.69, 9.17) is 22.1 Å². The molecule has 0 radical (unpaired) electrons. The van der Waals surface area contributed by atoms with E-state index in [9.17, 15) is 8.78 Å². The molecule has 13 heteroatoms. The molecule has 0 unspecified atom stereocenters. The third kappa shape index (κ3) is 6.94. The van der Waals surface area contributed by atoms with E-state index in [1.165, 1.54) is 55.3 Å². The van der Waals surface area contributed by atoms with Gasteiger partial charge in [0.1, 0.15) is 11.3 Å². The lowest BCUT2D eigenvalue weighted by Gasteiger charge is -2.26. The van der Waals surface area contributed by atoms with Crippen LogP contribution in [0.25, 0.3) is 32.2 Å². The number of fused-ring (bicyclic) bond motifs is 2. The maximum atomic E-state index is 16.0. The number of thiazole rings is 1. The van der Waals surface area contributed by atoms with E-state index in [0.717, 1.165) is 4.70 Å². The summed E-state index contributed by atoms with van der Waals surface area (Å²) in [7, 11) is 3.50. The summed E-state index contributed by atoms with van der Waals surface area (Å²) < 4.78 is 50.5. The molecular formula is C28H35ClF3N7OS. The second-order valence-electron chi connectivity index (χ2n) is 9.65. The number of aromatic nitrogens is 3. The summed E-state index contributed by atoms with van der Waals surface area (Å²) in [6.45, 7) is 6.14. The Kier molecular flexibility index (Phi) is 10.1. The first-order chi connectivity index (χ1) is 19.7. The minimum Gasteiger partial charge on any atom is -0.467 e. The Hall–Kier alpha value is -2.93. The minimum absolute atomic E-state index is 0.0776. The Morgan fingerprint density at radius 2 is 1.83 bits per heavy atom. The number of methoxy groups -OCH3 is 1. The van der Waals surface area contributed by atoms with Crippen molar-refractivity contribution in [2.24, 2.45) is 0 Å². The van der Waals surface area contributed by atoms with Crippen LogP contribution in [0.15, 0.2) is 24.3 Å². The van der Waals surface area contributed by atoms with E-state index in [1.54, 1.807) is 12.1 Å². The SMILES string of the molecule is CC.CN1CCCC1.COc1nc(N2CCNCC(F)(F)C2)c2cc(Cl)c(-c3cccc4sc(N)nc34)c(F)c2n1. The zero-order chi connectivity index (χ0) is 29.7. The standard InChI is InChI=1S/C21H18ClF3N6OS.C5H11N.C2H6/c1-32-20-29-17-11(18(30-20)31-6-5-27-8-21(24,25)9-31)7-12(22)14(15(17)23)10-3-2-4-13-16(10)28-19(26)33-13;1-6-4-2-3-5-6;1-2/h2-4,7,27H,5-6,8-9H2,1H3,(H2,26,28);2-5H2,1H3;1-2H3. The monoisotopic (exact) mass is 609 g/mol. The normalized spacial score (nSPS) is 17.0. The van der Waals surface area contributed by atoms with Crippen LogP contribution in [0.3, 0.4) is 0 Å². The van der Waals surface area contributed by atoms with Gasteiger partial charge < -0.3 is 25.6 Å². The van der Waals surface area contributed by atoms with Gasteiger partial charge in [0.25, 0.3) is 5.92 Å². The van der Waals surface area contributed by atoms with Crippen molar-refractivity contribution in [2.45, 2.75) is 32.6 Å². The summed E-state index contributed by atoms with van der Waals surface area (Å²) in [4.78, 5) is 16.5. The largest absolute Gasteiger partial charge is 0.467 e. The Morgan fingerprint density at radius 3 is 2.49 bits per heavy atom.